The maximum absolute atomic E-state index is 9.59. The van der Waals surface area contributed by atoms with Crippen LogP contribution in [0.4, 0.5) is 0 Å². The Bertz CT molecular complexity index is 426. The van der Waals surface area contributed by atoms with Gasteiger partial charge < -0.3 is 28.8 Å². The summed E-state index contributed by atoms with van der Waals surface area (Å²) in [5.41, 5.74) is 1.04. The molecule has 0 bridgehead atoms. The lowest BCUT2D eigenvalue weighted by Gasteiger charge is -2.44. The summed E-state index contributed by atoms with van der Waals surface area (Å²) in [5.74, 6) is 0. The van der Waals surface area contributed by atoms with Crippen LogP contribution in [0.2, 0.25) is 0 Å². The van der Waals surface area contributed by atoms with Crippen molar-refractivity contribution in [1.82, 2.24) is 0 Å². The van der Waals surface area contributed by atoms with Gasteiger partial charge in [-0.3, -0.25) is 0 Å². The van der Waals surface area contributed by atoms with Crippen LogP contribution in [0, 0.1) is 0 Å². The number of methoxy groups -OCH3 is 3. The Morgan fingerprint density at radius 3 is 2.18 bits per heavy atom. The van der Waals surface area contributed by atoms with Gasteiger partial charge in [0.2, 0.25) is 0 Å². The van der Waals surface area contributed by atoms with Crippen LogP contribution in [-0.4, -0.2) is 63.7 Å². The molecular weight excluding hydrogens is 288 g/mol. The number of rotatable bonds is 7. The first-order chi connectivity index (χ1) is 10.7. The summed E-state index contributed by atoms with van der Waals surface area (Å²) >= 11 is 0. The van der Waals surface area contributed by atoms with E-state index in [-0.39, 0.29) is 6.61 Å². The molecule has 1 fully saturated rings. The minimum Gasteiger partial charge on any atom is -0.394 e. The molecule has 1 saturated heterocycles. The van der Waals surface area contributed by atoms with E-state index in [4.69, 9.17) is 23.7 Å². The topological polar surface area (TPSA) is 66.4 Å². The van der Waals surface area contributed by atoms with Crippen molar-refractivity contribution in [2.24, 2.45) is 0 Å². The summed E-state index contributed by atoms with van der Waals surface area (Å²) < 4.78 is 27.9. The second-order valence-corrected chi connectivity index (χ2v) is 5.12. The van der Waals surface area contributed by atoms with Crippen molar-refractivity contribution in [3.63, 3.8) is 0 Å². The lowest BCUT2D eigenvalue weighted by Crippen LogP contribution is -2.61. The third-order valence-corrected chi connectivity index (χ3v) is 3.83. The van der Waals surface area contributed by atoms with Gasteiger partial charge in [0.1, 0.15) is 24.4 Å². The van der Waals surface area contributed by atoms with E-state index >= 15 is 0 Å². The zero-order chi connectivity index (χ0) is 15.9. The summed E-state index contributed by atoms with van der Waals surface area (Å²) in [7, 11) is 4.69. The van der Waals surface area contributed by atoms with E-state index in [9.17, 15) is 5.11 Å². The smallest absolute Gasteiger partial charge is 0.186 e. The van der Waals surface area contributed by atoms with Gasteiger partial charge in [-0.25, -0.2) is 0 Å². The third kappa shape index (κ3) is 3.84. The Morgan fingerprint density at radius 2 is 1.64 bits per heavy atom. The van der Waals surface area contributed by atoms with Gasteiger partial charge in [0.15, 0.2) is 6.29 Å². The Labute approximate surface area is 130 Å². The highest BCUT2D eigenvalue weighted by Crippen LogP contribution is 2.28. The molecule has 5 atom stereocenters. The van der Waals surface area contributed by atoms with E-state index in [0.29, 0.717) is 6.61 Å². The molecule has 2 rings (SSSR count). The van der Waals surface area contributed by atoms with E-state index in [1.54, 1.807) is 14.2 Å². The molecule has 22 heavy (non-hydrogen) atoms. The Morgan fingerprint density at radius 1 is 0.955 bits per heavy atom. The molecular formula is C16H24O6. The number of aliphatic hydroxyl groups excluding tert-OH is 1. The van der Waals surface area contributed by atoms with Crippen LogP contribution in [0.25, 0.3) is 0 Å². The van der Waals surface area contributed by atoms with Gasteiger partial charge in [-0.1, -0.05) is 30.3 Å². The fourth-order valence-corrected chi connectivity index (χ4v) is 2.70. The zero-order valence-electron chi connectivity index (χ0n) is 13.2. The van der Waals surface area contributed by atoms with Gasteiger partial charge in [-0.15, -0.1) is 0 Å². The summed E-state index contributed by atoms with van der Waals surface area (Å²) in [5, 5.41) is 9.59. The van der Waals surface area contributed by atoms with Gasteiger partial charge in [0.25, 0.3) is 0 Å². The van der Waals surface area contributed by atoms with Crippen molar-refractivity contribution >= 4 is 0 Å². The molecule has 0 saturated carbocycles. The van der Waals surface area contributed by atoms with Crippen molar-refractivity contribution in [3.8, 4) is 0 Å². The van der Waals surface area contributed by atoms with Crippen molar-refractivity contribution in [2.45, 2.75) is 37.3 Å². The van der Waals surface area contributed by atoms with Gasteiger partial charge in [0.05, 0.1) is 13.2 Å². The van der Waals surface area contributed by atoms with E-state index in [1.165, 1.54) is 7.11 Å². The van der Waals surface area contributed by atoms with E-state index < -0.39 is 30.7 Å². The standard InChI is InChI=1S/C16H24O6/c1-18-14-13(21-10-11-7-5-4-6-8-11)12(9-17)22-16(20-3)15(14)19-2/h4-8,12-17H,9-10H2,1-3H3/t12?,13-,14?,15?,16+/m1/s1. The normalized spacial score (nSPS) is 32.1. The minimum absolute atomic E-state index is 0.185. The first-order valence-electron chi connectivity index (χ1n) is 7.25. The first kappa shape index (κ1) is 17.3. The number of ether oxygens (including phenoxy) is 5. The van der Waals surface area contributed by atoms with Crippen LogP contribution in [0.3, 0.4) is 0 Å². The van der Waals surface area contributed by atoms with Crippen molar-refractivity contribution in [3.05, 3.63) is 35.9 Å². The molecule has 0 aliphatic carbocycles. The zero-order valence-corrected chi connectivity index (χ0v) is 13.2. The van der Waals surface area contributed by atoms with E-state index in [2.05, 4.69) is 0 Å². The maximum Gasteiger partial charge on any atom is 0.186 e. The van der Waals surface area contributed by atoms with Crippen LogP contribution in [0.1, 0.15) is 5.56 Å². The monoisotopic (exact) mass is 312 g/mol. The molecule has 0 aromatic heterocycles. The average Bonchev–Trinajstić information content (AvgIpc) is 2.59. The molecule has 0 radical (unpaired) electrons. The summed E-state index contributed by atoms with van der Waals surface area (Å²) in [4.78, 5) is 0. The quantitative estimate of drug-likeness (QED) is 0.809. The molecule has 1 N–H and O–H groups in total. The van der Waals surface area contributed by atoms with Crippen molar-refractivity contribution in [1.29, 1.82) is 0 Å². The van der Waals surface area contributed by atoms with Crippen LogP contribution < -0.4 is 0 Å². The Balaban J connectivity index is 2.10. The molecule has 0 amide bonds. The summed E-state index contributed by atoms with van der Waals surface area (Å²) in [6, 6.07) is 9.81. The van der Waals surface area contributed by atoms with Crippen molar-refractivity contribution in [2.75, 3.05) is 27.9 Å². The van der Waals surface area contributed by atoms with Crippen LogP contribution in [0.5, 0.6) is 0 Å². The highest BCUT2D eigenvalue weighted by atomic mass is 16.7. The van der Waals surface area contributed by atoms with E-state index in [0.717, 1.165) is 5.56 Å². The lowest BCUT2D eigenvalue weighted by atomic mass is 9.98. The number of aliphatic hydroxyl groups is 1. The third-order valence-electron chi connectivity index (χ3n) is 3.83. The van der Waals surface area contributed by atoms with E-state index in [1.807, 2.05) is 30.3 Å². The van der Waals surface area contributed by atoms with Gasteiger partial charge >= 0.3 is 0 Å². The van der Waals surface area contributed by atoms with Crippen LogP contribution >= 0.6 is 0 Å². The average molecular weight is 312 g/mol. The highest BCUT2D eigenvalue weighted by Gasteiger charge is 2.47. The summed E-state index contributed by atoms with van der Waals surface area (Å²) in [6.45, 7) is 0.217. The second-order valence-electron chi connectivity index (χ2n) is 5.12. The lowest BCUT2D eigenvalue weighted by molar-refractivity contribution is -0.311. The molecule has 6 heteroatoms. The number of hydrogen-bond donors (Lipinski definition) is 1. The second kappa shape index (κ2) is 8.57. The molecule has 6 nitrogen and oxygen atoms in total. The number of benzene rings is 1. The van der Waals surface area contributed by atoms with Crippen LogP contribution in [-0.2, 0) is 30.3 Å². The molecule has 124 valence electrons. The molecule has 1 aromatic rings. The molecule has 1 heterocycles. The maximum atomic E-state index is 9.59. The minimum atomic E-state index is -0.608. The molecule has 1 aliphatic rings. The SMILES string of the molecule is COC1C(OC)[C@H](OCc2ccccc2)C(CO)O[C@@H]1OC. The predicted molar refractivity (Wildman–Crippen MR) is 79.4 cm³/mol. The molecule has 1 aromatic carbocycles. The van der Waals surface area contributed by atoms with Gasteiger partial charge in [-0.05, 0) is 5.56 Å². The van der Waals surface area contributed by atoms with Crippen molar-refractivity contribution < 1.29 is 28.8 Å². The molecule has 3 unspecified atom stereocenters. The highest BCUT2D eigenvalue weighted by molar-refractivity contribution is 5.13. The first-order valence-corrected chi connectivity index (χ1v) is 7.25. The van der Waals surface area contributed by atoms with Gasteiger partial charge in [-0.2, -0.15) is 0 Å². The van der Waals surface area contributed by atoms with Crippen LogP contribution in [0.15, 0.2) is 30.3 Å². The van der Waals surface area contributed by atoms with Gasteiger partial charge in [0, 0.05) is 21.3 Å². The fourth-order valence-electron chi connectivity index (χ4n) is 2.70. The predicted octanol–water partition coefficient (Wildman–Crippen LogP) is 0.965. The molecule has 0 spiro atoms. The summed E-state index contributed by atoms with van der Waals surface area (Å²) in [6.07, 6.45) is -2.43. The molecule has 1 aliphatic heterocycles. The fraction of sp³-hybridized carbons (Fsp3) is 0.625. The number of hydrogen-bond acceptors (Lipinski definition) is 6. The Kier molecular flexibility index (Phi) is 6.75. The Hall–Kier alpha value is -1.02. The largest absolute Gasteiger partial charge is 0.394 e.